The van der Waals surface area contributed by atoms with Gasteiger partial charge in [0.05, 0.1) is 17.2 Å². The van der Waals surface area contributed by atoms with Crippen LogP contribution < -0.4 is 11.1 Å². The summed E-state index contributed by atoms with van der Waals surface area (Å²) in [7, 11) is 0. The van der Waals surface area contributed by atoms with E-state index >= 15 is 0 Å². The number of fused-ring (bicyclic) bond motifs is 1. The number of aromatic nitrogens is 5. The molecule has 0 radical (unpaired) electrons. The minimum atomic E-state index is -0.0641. The maximum Gasteiger partial charge on any atom is 0.196 e. The average Bonchev–Trinajstić information content (AvgIpc) is 2.96. The lowest BCUT2D eigenvalue weighted by Crippen LogP contribution is -2.09. The lowest BCUT2D eigenvalue weighted by atomic mass is 10.1. The molecular formula is C12H13N7. The van der Waals surface area contributed by atoms with E-state index in [1.165, 1.54) is 0 Å². The lowest BCUT2D eigenvalue weighted by Gasteiger charge is -2.14. The van der Waals surface area contributed by atoms with E-state index in [-0.39, 0.29) is 6.04 Å². The van der Waals surface area contributed by atoms with Gasteiger partial charge in [0.25, 0.3) is 0 Å². The zero-order valence-corrected chi connectivity index (χ0v) is 10.3. The van der Waals surface area contributed by atoms with Crippen LogP contribution in [-0.4, -0.2) is 25.6 Å². The SMILES string of the molecule is CC(Nc1ccc(N)c2ncccc12)c1nn[nH]n1. The number of nitrogen functional groups attached to an aromatic ring is 1. The van der Waals surface area contributed by atoms with Gasteiger partial charge in [-0.15, -0.1) is 10.2 Å². The number of H-pyrrole nitrogens is 1. The van der Waals surface area contributed by atoms with Crippen LogP contribution in [0.2, 0.25) is 0 Å². The van der Waals surface area contributed by atoms with Crippen molar-refractivity contribution in [2.75, 3.05) is 11.1 Å². The topological polar surface area (TPSA) is 105 Å². The average molecular weight is 255 g/mol. The number of nitrogens with one attached hydrogen (secondary N) is 2. The summed E-state index contributed by atoms with van der Waals surface area (Å²) in [5.74, 6) is 0.605. The lowest BCUT2D eigenvalue weighted by molar-refractivity contribution is 0.795. The molecule has 2 heterocycles. The zero-order valence-electron chi connectivity index (χ0n) is 10.3. The second-order valence-corrected chi connectivity index (χ2v) is 4.24. The highest BCUT2D eigenvalue weighted by atomic mass is 15.5. The van der Waals surface area contributed by atoms with E-state index < -0.39 is 0 Å². The molecule has 4 N–H and O–H groups in total. The van der Waals surface area contributed by atoms with Crippen molar-refractivity contribution in [2.45, 2.75) is 13.0 Å². The van der Waals surface area contributed by atoms with E-state index in [4.69, 9.17) is 5.73 Å². The van der Waals surface area contributed by atoms with Gasteiger partial charge in [0.2, 0.25) is 0 Å². The molecule has 1 aromatic carbocycles. The second-order valence-electron chi connectivity index (χ2n) is 4.24. The summed E-state index contributed by atoms with van der Waals surface area (Å²) < 4.78 is 0. The molecule has 0 fully saturated rings. The predicted molar refractivity (Wildman–Crippen MR) is 72.4 cm³/mol. The monoisotopic (exact) mass is 255 g/mol. The molecule has 3 aromatic rings. The molecule has 0 saturated carbocycles. The van der Waals surface area contributed by atoms with Crippen LogP contribution in [0.3, 0.4) is 0 Å². The Kier molecular flexibility index (Phi) is 2.71. The van der Waals surface area contributed by atoms with E-state index in [9.17, 15) is 0 Å². The van der Waals surface area contributed by atoms with Gasteiger partial charge in [-0.2, -0.15) is 5.21 Å². The number of benzene rings is 1. The standard InChI is InChI=1S/C12H13N7/c1-7(12-16-18-19-17-12)15-10-5-4-9(13)11-8(10)3-2-6-14-11/h2-7,15H,13H2,1H3,(H,16,17,18,19). The Morgan fingerprint density at radius 3 is 3.00 bits per heavy atom. The molecule has 0 aliphatic rings. The first-order chi connectivity index (χ1) is 9.25. The van der Waals surface area contributed by atoms with Crippen molar-refractivity contribution < 1.29 is 0 Å². The van der Waals surface area contributed by atoms with E-state index in [1.54, 1.807) is 6.20 Å². The number of rotatable bonds is 3. The minimum Gasteiger partial charge on any atom is -0.397 e. The molecule has 7 nitrogen and oxygen atoms in total. The van der Waals surface area contributed by atoms with Crippen molar-refractivity contribution in [3.8, 4) is 0 Å². The third kappa shape index (κ3) is 2.05. The molecule has 0 aliphatic carbocycles. The summed E-state index contributed by atoms with van der Waals surface area (Å²) in [4.78, 5) is 4.30. The predicted octanol–water partition coefficient (Wildman–Crippen LogP) is 1.50. The summed E-state index contributed by atoms with van der Waals surface area (Å²) >= 11 is 0. The summed E-state index contributed by atoms with van der Waals surface area (Å²) in [5, 5.41) is 18.2. The van der Waals surface area contributed by atoms with Crippen molar-refractivity contribution in [3.05, 3.63) is 36.3 Å². The van der Waals surface area contributed by atoms with Gasteiger partial charge in [0, 0.05) is 17.3 Å². The van der Waals surface area contributed by atoms with E-state index in [1.807, 2.05) is 31.2 Å². The number of nitrogens with zero attached hydrogens (tertiary/aromatic N) is 4. The van der Waals surface area contributed by atoms with Gasteiger partial charge >= 0.3 is 0 Å². The Morgan fingerprint density at radius 1 is 1.32 bits per heavy atom. The highest BCUT2D eigenvalue weighted by molar-refractivity contribution is 5.98. The van der Waals surface area contributed by atoms with Crippen LogP contribution in [0.15, 0.2) is 30.5 Å². The number of anilines is 2. The highest BCUT2D eigenvalue weighted by Gasteiger charge is 2.12. The molecular weight excluding hydrogens is 242 g/mol. The molecule has 0 spiro atoms. The molecule has 96 valence electrons. The first-order valence-electron chi connectivity index (χ1n) is 5.89. The smallest absolute Gasteiger partial charge is 0.196 e. The van der Waals surface area contributed by atoms with Gasteiger partial charge in [0.15, 0.2) is 5.82 Å². The van der Waals surface area contributed by atoms with Crippen LogP contribution in [0, 0.1) is 0 Å². The Morgan fingerprint density at radius 2 is 2.21 bits per heavy atom. The Hall–Kier alpha value is -2.70. The van der Waals surface area contributed by atoms with Crippen LogP contribution in [0.25, 0.3) is 10.9 Å². The second kappa shape index (κ2) is 4.52. The number of pyridine rings is 1. The van der Waals surface area contributed by atoms with Crippen molar-refractivity contribution in [3.63, 3.8) is 0 Å². The summed E-state index contributed by atoms with van der Waals surface area (Å²) in [6, 6.07) is 7.55. The van der Waals surface area contributed by atoms with Gasteiger partial charge in [0.1, 0.15) is 0 Å². The third-order valence-electron chi connectivity index (χ3n) is 2.92. The summed E-state index contributed by atoms with van der Waals surface area (Å²) in [6.07, 6.45) is 1.73. The summed E-state index contributed by atoms with van der Waals surface area (Å²) in [6.45, 7) is 1.96. The highest BCUT2D eigenvalue weighted by Crippen LogP contribution is 2.28. The largest absolute Gasteiger partial charge is 0.397 e. The Balaban J connectivity index is 2.00. The fourth-order valence-corrected chi connectivity index (χ4v) is 1.97. The fourth-order valence-electron chi connectivity index (χ4n) is 1.97. The molecule has 3 rings (SSSR count). The van der Waals surface area contributed by atoms with Gasteiger partial charge in [-0.25, -0.2) is 0 Å². The van der Waals surface area contributed by atoms with Gasteiger partial charge < -0.3 is 11.1 Å². The molecule has 0 amide bonds. The first-order valence-corrected chi connectivity index (χ1v) is 5.89. The molecule has 1 atom stereocenters. The van der Waals surface area contributed by atoms with Gasteiger partial charge in [-0.05, 0) is 31.2 Å². The number of nitrogens with two attached hydrogens (primary N) is 1. The van der Waals surface area contributed by atoms with Gasteiger partial charge in [-0.1, -0.05) is 5.21 Å². The number of hydrogen-bond acceptors (Lipinski definition) is 6. The molecule has 2 aromatic heterocycles. The zero-order chi connectivity index (χ0) is 13.2. The van der Waals surface area contributed by atoms with Crippen molar-refractivity contribution in [2.24, 2.45) is 0 Å². The van der Waals surface area contributed by atoms with Crippen LogP contribution in [-0.2, 0) is 0 Å². The van der Waals surface area contributed by atoms with Gasteiger partial charge in [-0.3, -0.25) is 4.98 Å². The fraction of sp³-hybridized carbons (Fsp3) is 0.167. The van der Waals surface area contributed by atoms with E-state index in [0.29, 0.717) is 11.5 Å². The normalized spacial score (nSPS) is 12.5. The van der Waals surface area contributed by atoms with Crippen molar-refractivity contribution in [1.82, 2.24) is 25.6 Å². The number of aromatic amines is 1. The molecule has 7 heteroatoms. The summed E-state index contributed by atoms with van der Waals surface area (Å²) in [5.41, 5.74) is 8.31. The molecule has 1 unspecified atom stereocenters. The Labute approximate surface area is 109 Å². The van der Waals surface area contributed by atoms with E-state index in [2.05, 4.69) is 30.9 Å². The van der Waals surface area contributed by atoms with E-state index in [0.717, 1.165) is 16.6 Å². The number of tetrazole rings is 1. The first kappa shape index (κ1) is 11.4. The number of hydrogen-bond donors (Lipinski definition) is 3. The molecule has 19 heavy (non-hydrogen) atoms. The maximum atomic E-state index is 5.92. The van der Waals surface area contributed by atoms with Crippen LogP contribution in [0.5, 0.6) is 0 Å². The maximum absolute atomic E-state index is 5.92. The minimum absolute atomic E-state index is 0.0641. The van der Waals surface area contributed by atoms with Crippen molar-refractivity contribution >= 4 is 22.3 Å². The van der Waals surface area contributed by atoms with Crippen LogP contribution >= 0.6 is 0 Å². The molecule has 0 aliphatic heterocycles. The third-order valence-corrected chi connectivity index (χ3v) is 2.92. The van der Waals surface area contributed by atoms with Crippen molar-refractivity contribution in [1.29, 1.82) is 0 Å². The van der Waals surface area contributed by atoms with Crippen LogP contribution in [0.4, 0.5) is 11.4 Å². The molecule has 0 saturated heterocycles. The van der Waals surface area contributed by atoms with Crippen LogP contribution in [0.1, 0.15) is 18.8 Å². The molecule has 0 bridgehead atoms. The quantitative estimate of drug-likeness (QED) is 0.612. The Bertz CT molecular complexity index is 692.